The molecule has 3 aliphatic heterocycles. The third-order valence-electron chi connectivity index (χ3n) is 7.90. The van der Waals surface area contributed by atoms with Crippen molar-refractivity contribution in [2.75, 3.05) is 39.3 Å². The van der Waals surface area contributed by atoms with Crippen molar-refractivity contribution in [2.45, 2.75) is 51.5 Å². The summed E-state index contributed by atoms with van der Waals surface area (Å²) in [6.45, 7) is 5.73. The lowest BCUT2D eigenvalue weighted by Crippen LogP contribution is -2.54. The first kappa shape index (κ1) is 24.5. The van der Waals surface area contributed by atoms with Gasteiger partial charge >= 0.3 is 0 Å². The molecule has 2 saturated heterocycles. The highest BCUT2D eigenvalue weighted by molar-refractivity contribution is 5.88. The number of hydrogen-bond donors (Lipinski definition) is 2. The number of carbonyl (C=O) groups excluding carboxylic acids is 3. The van der Waals surface area contributed by atoms with E-state index in [-0.39, 0.29) is 30.3 Å². The zero-order chi connectivity index (χ0) is 24.0. The Balaban J connectivity index is 1.40. The minimum atomic E-state index is -0.546. The molecule has 0 saturated carbocycles. The summed E-state index contributed by atoms with van der Waals surface area (Å²) in [5.74, 6) is 0.235. The topological polar surface area (TPSA) is 81.8 Å². The molecule has 0 aromatic heterocycles. The van der Waals surface area contributed by atoms with Gasteiger partial charge in [-0.1, -0.05) is 42.5 Å². The van der Waals surface area contributed by atoms with E-state index >= 15 is 0 Å². The summed E-state index contributed by atoms with van der Waals surface area (Å²) in [5.41, 5.74) is 0.809. The summed E-state index contributed by atoms with van der Waals surface area (Å²) in [4.78, 5) is 41.9. The van der Waals surface area contributed by atoms with Gasteiger partial charge in [-0.15, -0.1) is 0 Å². The third kappa shape index (κ3) is 6.06. The highest BCUT2D eigenvalue weighted by Crippen LogP contribution is 2.36. The Morgan fingerprint density at radius 1 is 1.09 bits per heavy atom. The molecule has 1 spiro atoms. The summed E-state index contributed by atoms with van der Waals surface area (Å²) >= 11 is 0. The number of fused-ring (bicyclic) bond motifs is 1. The van der Waals surface area contributed by atoms with Crippen molar-refractivity contribution in [2.24, 2.45) is 11.3 Å². The van der Waals surface area contributed by atoms with E-state index in [2.05, 4.69) is 52.0 Å². The number of allylic oxidation sites excluding steroid dienone is 2. The molecule has 184 valence electrons. The van der Waals surface area contributed by atoms with Crippen LogP contribution in [0.15, 0.2) is 42.5 Å². The smallest absolute Gasteiger partial charge is 0.239 e. The molecule has 3 amide bonds. The van der Waals surface area contributed by atoms with Gasteiger partial charge in [-0.2, -0.15) is 0 Å². The molecule has 1 aromatic carbocycles. The molecular formula is C27H38N4O3. The van der Waals surface area contributed by atoms with Gasteiger partial charge in [-0.3, -0.25) is 14.4 Å². The van der Waals surface area contributed by atoms with Gasteiger partial charge in [0.2, 0.25) is 17.7 Å². The fraction of sp³-hybridized carbons (Fsp3) is 0.593. The maximum Gasteiger partial charge on any atom is 0.239 e. The van der Waals surface area contributed by atoms with Crippen LogP contribution in [0.5, 0.6) is 0 Å². The van der Waals surface area contributed by atoms with Gasteiger partial charge in [0.25, 0.3) is 0 Å². The predicted octanol–water partition coefficient (Wildman–Crippen LogP) is 2.13. The molecule has 4 rings (SSSR count). The van der Waals surface area contributed by atoms with Crippen molar-refractivity contribution in [3.8, 4) is 0 Å². The van der Waals surface area contributed by atoms with Gasteiger partial charge in [-0.05, 0) is 50.0 Å². The van der Waals surface area contributed by atoms with Crippen molar-refractivity contribution in [1.82, 2.24) is 20.4 Å². The van der Waals surface area contributed by atoms with Crippen LogP contribution in [0, 0.1) is 11.3 Å². The number of nitrogens with one attached hydrogen (secondary N) is 2. The molecule has 7 heteroatoms. The molecule has 0 aliphatic carbocycles. The summed E-state index contributed by atoms with van der Waals surface area (Å²) in [6.07, 6.45) is 9.13. The Hall–Kier alpha value is -2.67. The van der Waals surface area contributed by atoms with Crippen LogP contribution < -0.4 is 10.6 Å². The standard InChI is InChI=1S/C27H38N4O3/c1-21(32)31-17-13-27(14-18-31)12-6-5-9-23-20-30(15-10-22-7-3-2-4-8-22)16-11-24(23)29-25(33)19-28-26(27)34/h2-8,23-24H,9-20H2,1H3,(H,28,34)(H,29,33)/b6-5+/t23-,24+/m0/s1. The Kier molecular flexibility index (Phi) is 8.03. The van der Waals surface area contributed by atoms with E-state index < -0.39 is 5.41 Å². The number of rotatable bonds is 3. The van der Waals surface area contributed by atoms with E-state index in [1.54, 1.807) is 6.92 Å². The Labute approximate surface area is 202 Å². The Morgan fingerprint density at radius 3 is 2.59 bits per heavy atom. The molecular weight excluding hydrogens is 428 g/mol. The van der Waals surface area contributed by atoms with Crippen LogP contribution in [0.25, 0.3) is 0 Å². The van der Waals surface area contributed by atoms with Crippen molar-refractivity contribution in [3.63, 3.8) is 0 Å². The second-order valence-electron chi connectivity index (χ2n) is 10.1. The molecule has 2 N–H and O–H groups in total. The molecule has 3 aliphatic rings. The van der Waals surface area contributed by atoms with Crippen LogP contribution in [0.3, 0.4) is 0 Å². The molecule has 3 heterocycles. The SMILES string of the molecule is CC(=O)N1CCC2(C/C=C/C[C@H]3CN(CCc4ccccc4)CC[C@H]3NC(=O)CNC2=O)CC1. The van der Waals surface area contributed by atoms with Crippen molar-refractivity contribution in [3.05, 3.63) is 48.0 Å². The average Bonchev–Trinajstić information content (AvgIpc) is 2.85. The molecule has 0 bridgehead atoms. The number of likely N-dealkylation sites (tertiary alicyclic amines) is 2. The molecule has 7 nitrogen and oxygen atoms in total. The minimum absolute atomic E-state index is 0.0155. The van der Waals surface area contributed by atoms with Gasteiger partial charge in [0.15, 0.2) is 0 Å². The predicted molar refractivity (Wildman–Crippen MR) is 132 cm³/mol. The number of benzene rings is 1. The van der Waals surface area contributed by atoms with Crippen LogP contribution >= 0.6 is 0 Å². The van der Waals surface area contributed by atoms with Crippen molar-refractivity contribution < 1.29 is 14.4 Å². The zero-order valence-corrected chi connectivity index (χ0v) is 20.3. The lowest BCUT2D eigenvalue weighted by Gasteiger charge is -2.41. The number of piperidine rings is 2. The van der Waals surface area contributed by atoms with E-state index in [0.717, 1.165) is 38.9 Å². The van der Waals surface area contributed by atoms with Gasteiger partial charge < -0.3 is 20.4 Å². The number of nitrogens with zero attached hydrogens (tertiary/aromatic N) is 2. The molecule has 0 radical (unpaired) electrons. The first-order valence-corrected chi connectivity index (χ1v) is 12.7. The van der Waals surface area contributed by atoms with E-state index in [1.807, 2.05) is 11.0 Å². The molecule has 34 heavy (non-hydrogen) atoms. The van der Waals surface area contributed by atoms with Crippen molar-refractivity contribution in [1.29, 1.82) is 0 Å². The molecule has 2 fully saturated rings. The Morgan fingerprint density at radius 2 is 1.85 bits per heavy atom. The van der Waals surface area contributed by atoms with Gasteiger partial charge in [0, 0.05) is 45.7 Å². The summed E-state index contributed by atoms with van der Waals surface area (Å²) in [5, 5.41) is 6.10. The number of carbonyl (C=O) groups is 3. The van der Waals surface area contributed by atoms with E-state index in [0.29, 0.717) is 38.3 Å². The second kappa shape index (κ2) is 11.2. The second-order valence-corrected chi connectivity index (χ2v) is 10.1. The maximum absolute atomic E-state index is 13.1. The lowest BCUT2D eigenvalue weighted by atomic mass is 9.74. The fourth-order valence-corrected chi connectivity index (χ4v) is 5.63. The van der Waals surface area contributed by atoms with Crippen LogP contribution in [-0.4, -0.2) is 72.8 Å². The Bertz CT molecular complexity index is 892. The quantitative estimate of drug-likeness (QED) is 0.669. The van der Waals surface area contributed by atoms with Crippen LogP contribution in [0.1, 0.15) is 44.6 Å². The van der Waals surface area contributed by atoms with Crippen LogP contribution in [-0.2, 0) is 20.8 Å². The summed E-state index contributed by atoms with van der Waals surface area (Å²) in [6, 6.07) is 10.7. The monoisotopic (exact) mass is 466 g/mol. The summed E-state index contributed by atoms with van der Waals surface area (Å²) < 4.78 is 0. The van der Waals surface area contributed by atoms with Crippen LogP contribution in [0.4, 0.5) is 0 Å². The van der Waals surface area contributed by atoms with E-state index in [1.165, 1.54) is 5.56 Å². The highest BCUT2D eigenvalue weighted by atomic mass is 16.2. The van der Waals surface area contributed by atoms with Gasteiger partial charge in [0.05, 0.1) is 12.0 Å². The zero-order valence-electron chi connectivity index (χ0n) is 20.3. The largest absolute Gasteiger partial charge is 0.351 e. The van der Waals surface area contributed by atoms with Crippen LogP contribution in [0.2, 0.25) is 0 Å². The first-order chi connectivity index (χ1) is 16.4. The van der Waals surface area contributed by atoms with Gasteiger partial charge in [0.1, 0.15) is 0 Å². The maximum atomic E-state index is 13.1. The number of amides is 3. The first-order valence-electron chi connectivity index (χ1n) is 12.7. The molecule has 2 atom stereocenters. The molecule has 0 unspecified atom stereocenters. The normalized spacial score (nSPS) is 27.0. The minimum Gasteiger partial charge on any atom is -0.351 e. The fourth-order valence-electron chi connectivity index (χ4n) is 5.63. The lowest BCUT2D eigenvalue weighted by molar-refractivity contribution is -0.140. The summed E-state index contributed by atoms with van der Waals surface area (Å²) in [7, 11) is 0. The third-order valence-corrected chi connectivity index (χ3v) is 7.90. The van der Waals surface area contributed by atoms with E-state index in [9.17, 15) is 14.4 Å². The number of hydrogen-bond acceptors (Lipinski definition) is 4. The average molecular weight is 467 g/mol. The van der Waals surface area contributed by atoms with Crippen molar-refractivity contribution >= 4 is 17.7 Å². The molecule has 1 aromatic rings. The van der Waals surface area contributed by atoms with E-state index in [4.69, 9.17) is 0 Å². The van der Waals surface area contributed by atoms with Gasteiger partial charge in [-0.25, -0.2) is 0 Å². The highest BCUT2D eigenvalue weighted by Gasteiger charge is 2.41.